The molecule has 0 saturated carbocycles. The molecule has 0 bridgehead atoms. The minimum atomic E-state index is -3.80. The number of rotatable bonds is 9. The van der Waals surface area contributed by atoms with E-state index >= 15 is 0 Å². The minimum absolute atomic E-state index is 0.213. The van der Waals surface area contributed by atoms with Crippen LogP contribution in [0.5, 0.6) is 0 Å². The third-order valence-electron chi connectivity index (χ3n) is 1.84. The first kappa shape index (κ1) is 13.8. The van der Waals surface area contributed by atoms with Crippen LogP contribution in [0.1, 0.15) is 25.7 Å². The van der Waals surface area contributed by atoms with Gasteiger partial charge in [0.05, 0.1) is 5.75 Å². The summed E-state index contributed by atoms with van der Waals surface area (Å²) in [5.74, 6) is -0.213. The summed E-state index contributed by atoms with van der Waals surface area (Å²) < 4.78 is 29.0. The Morgan fingerprint density at radius 2 is 1.71 bits per heavy atom. The topological polar surface area (TPSA) is 92.4 Å². The van der Waals surface area contributed by atoms with E-state index in [0.717, 1.165) is 38.8 Å². The lowest BCUT2D eigenvalue weighted by atomic mass is 10.2. The Morgan fingerprint density at radius 1 is 1.07 bits per heavy atom. The average molecular weight is 224 g/mol. The molecule has 0 aliphatic heterocycles. The van der Waals surface area contributed by atoms with Crippen LogP contribution in [0.15, 0.2) is 0 Å². The van der Waals surface area contributed by atoms with E-state index in [2.05, 4.69) is 5.32 Å². The summed E-state index contributed by atoms with van der Waals surface area (Å²) in [5.41, 5.74) is 5.33. The lowest BCUT2D eigenvalue weighted by Crippen LogP contribution is -2.23. The Balaban J connectivity index is 3.07. The van der Waals surface area contributed by atoms with Gasteiger partial charge in [0.15, 0.2) is 0 Å². The van der Waals surface area contributed by atoms with Gasteiger partial charge < -0.3 is 11.1 Å². The molecule has 0 fully saturated rings. The van der Waals surface area contributed by atoms with Crippen LogP contribution in [0.2, 0.25) is 0 Å². The van der Waals surface area contributed by atoms with Crippen molar-refractivity contribution in [2.45, 2.75) is 25.7 Å². The zero-order chi connectivity index (χ0) is 10.9. The zero-order valence-corrected chi connectivity index (χ0v) is 9.22. The van der Waals surface area contributed by atoms with Crippen molar-refractivity contribution >= 4 is 10.1 Å². The van der Waals surface area contributed by atoms with Gasteiger partial charge in [0.2, 0.25) is 0 Å². The smallest absolute Gasteiger partial charge is 0.266 e. The molecule has 86 valence electrons. The van der Waals surface area contributed by atoms with E-state index in [4.69, 9.17) is 10.3 Å². The summed E-state index contributed by atoms with van der Waals surface area (Å²) in [7, 11) is -3.80. The lowest BCUT2D eigenvalue weighted by Gasteiger charge is -2.02. The molecular formula is C8H20N2O3S. The Morgan fingerprint density at radius 3 is 2.29 bits per heavy atom. The van der Waals surface area contributed by atoms with E-state index in [1.165, 1.54) is 0 Å². The van der Waals surface area contributed by atoms with Gasteiger partial charge in [-0.1, -0.05) is 12.8 Å². The van der Waals surface area contributed by atoms with Crippen LogP contribution in [-0.4, -0.2) is 38.4 Å². The maximum Gasteiger partial charge on any atom is 0.266 e. The van der Waals surface area contributed by atoms with E-state index in [1.54, 1.807) is 0 Å². The summed E-state index contributed by atoms with van der Waals surface area (Å²) in [5, 5.41) is 2.95. The predicted octanol–water partition coefficient (Wildman–Crippen LogP) is -0.0171. The maximum absolute atomic E-state index is 10.3. The highest BCUT2D eigenvalue weighted by Crippen LogP contribution is 1.96. The van der Waals surface area contributed by atoms with Crippen LogP contribution < -0.4 is 11.1 Å². The largest absolute Gasteiger partial charge is 0.330 e. The van der Waals surface area contributed by atoms with Gasteiger partial charge in [0, 0.05) is 6.54 Å². The standard InChI is InChI=1S/C8H20N2O3S/c9-5-3-1-2-4-6-10-7-8-14(11,12)13/h10H,1-9H2,(H,11,12,13). The van der Waals surface area contributed by atoms with Crippen LogP contribution in [-0.2, 0) is 10.1 Å². The van der Waals surface area contributed by atoms with Gasteiger partial charge in [-0.05, 0) is 25.9 Å². The molecule has 14 heavy (non-hydrogen) atoms. The van der Waals surface area contributed by atoms with E-state index in [0.29, 0.717) is 6.54 Å². The quantitative estimate of drug-likeness (QED) is 0.378. The molecule has 0 amide bonds. The Bertz CT molecular complexity index is 217. The van der Waals surface area contributed by atoms with Gasteiger partial charge in [-0.2, -0.15) is 8.42 Å². The van der Waals surface area contributed by atoms with Crippen molar-refractivity contribution in [1.29, 1.82) is 0 Å². The number of nitrogens with two attached hydrogens (primary N) is 1. The van der Waals surface area contributed by atoms with Crippen molar-refractivity contribution in [3.05, 3.63) is 0 Å². The highest BCUT2D eigenvalue weighted by atomic mass is 32.2. The molecule has 0 saturated heterocycles. The predicted molar refractivity (Wildman–Crippen MR) is 56.8 cm³/mol. The third-order valence-corrected chi connectivity index (χ3v) is 2.56. The van der Waals surface area contributed by atoms with Crippen molar-refractivity contribution in [2.24, 2.45) is 5.73 Å². The summed E-state index contributed by atoms with van der Waals surface area (Å²) in [4.78, 5) is 0. The Labute approximate surface area is 85.8 Å². The molecule has 0 unspecified atom stereocenters. The van der Waals surface area contributed by atoms with Crippen LogP contribution in [0.25, 0.3) is 0 Å². The molecule has 0 atom stereocenters. The average Bonchev–Trinajstić information content (AvgIpc) is 2.08. The fourth-order valence-electron chi connectivity index (χ4n) is 1.07. The van der Waals surface area contributed by atoms with Crippen molar-refractivity contribution in [3.8, 4) is 0 Å². The van der Waals surface area contributed by atoms with E-state index in [9.17, 15) is 8.42 Å². The van der Waals surface area contributed by atoms with Crippen LogP contribution in [0.4, 0.5) is 0 Å². The number of nitrogens with one attached hydrogen (secondary N) is 1. The molecule has 0 aliphatic rings. The molecular weight excluding hydrogens is 204 g/mol. The first-order chi connectivity index (χ1) is 6.56. The fraction of sp³-hybridized carbons (Fsp3) is 1.00. The summed E-state index contributed by atoms with van der Waals surface area (Å²) in [6, 6.07) is 0. The zero-order valence-electron chi connectivity index (χ0n) is 8.41. The molecule has 6 heteroatoms. The molecule has 0 spiro atoms. The van der Waals surface area contributed by atoms with Gasteiger partial charge >= 0.3 is 0 Å². The summed E-state index contributed by atoms with van der Waals surface area (Å²) in [6.07, 6.45) is 4.29. The van der Waals surface area contributed by atoms with Crippen LogP contribution >= 0.6 is 0 Å². The molecule has 0 radical (unpaired) electrons. The number of hydrogen-bond acceptors (Lipinski definition) is 4. The maximum atomic E-state index is 10.3. The molecule has 0 aliphatic carbocycles. The lowest BCUT2D eigenvalue weighted by molar-refractivity contribution is 0.480. The minimum Gasteiger partial charge on any atom is -0.330 e. The number of unbranched alkanes of at least 4 members (excludes halogenated alkanes) is 3. The summed E-state index contributed by atoms with van der Waals surface area (Å²) >= 11 is 0. The van der Waals surface area contributed by atoms with E-state index in [1.807, 2.05) is 0 Å². The van der Waals surface area contributed by atoms with Crippen molar-refractivity contribution in [2.75, 3.05) is 25.4 Å². The molecule has 0 aromatic rings. The molecule has 5 nitrogen and oxygen atoms in total. The van der Waals surface area contributed by atoms with E-state index < -0.39 is 10.1 Å². The second-order valence-corrected chi connectivity index (χ2v) is 4.81. The van der Waals surface area contributed by atoms with Gasteiger partial charge in [0.1, 0.15) is 0 Å². The normalized spacial score (nSPS) is 11.9. The highest BCUT2D eigenvalue weighted by molar-refractivity contribution is 7.85. The van der Waals surface area contributed by atoms with Gasteiger partial charge in [-0.25, -0.2) is 0 Å². The first-order valence-corrected chi connectivity index (χ1v) is 6.53. The van der Waals surface area contributed by atoms with Gasteiger partial charge in [-0.3, -0.25) is 4.55 Å². The van der Waals surface area contributed by atoms with E-state index in [-0.39, 0.29) is 5.75 Å². The van der Waals surface area contributed by atoms with Crippen molar-refractivity contribution in [1.82, 2.24) is 5.32 Å². The highest BCUT2D eigenvalue weighted by Gasteiger charge is 2.01. The van der Waals surface area contributed by atoms with Crippen molar-refractivity contribution < 1.29 is 13.0 Å². The van der Waals surface area contributed by atoms with Crippen LogP contribution in [0, 0.1) is 0 Å². The molecule has 0 heterocycles. The van der Waals surface area contributed by atoms with Crippen molar-refractivity contribution in [3.63, 3.8) is 0 Å². The molecule has 4 N–H and O–H groups in total. The first-order valence-electron chi connectivity index (χ1n) is 4.92. The fourth-order valence-corrected chi connectivity index (χ4v) is 1.48. The SMILES string of the molecule is NCCCCCCNCCS(=O)(=O)O. The third kappa shape index (κ3) is 11.8. The van der Waals surface area contributed by atoms with Crippen LogP contribution in [0.3, 0.4) is 0 Å². The Kier molecular flexibility index (Phi) is 8.07. The summed E-state index contributed by atoms with van der Waals surface area (Å²) in [6.45, 7) is 1.84. The van der Waals surface area contributed by atoms with Gasteiger partial charge in [0.25, 0.3) is 10.1 Å². The molecule has 0 aromatic heterocycles. The second kappa shape index (κ2) is 8.16. The number of hydrogen-bond donors (Lipinski definition) is 3. The Hall–Kier alpha value is -0.170. The second-order valence-electron chi connectivity index (χ2n) is 3.24. The van der Waals surface area contributed by atoms with Gasteiger partial charge in [-0.15, -0.1) is 0 Å². The monoisotopic (exact) mass is 224 g/mol. The molecule has 0 rings (SSSR count). The molecule has 0 aromatic carbocycles.